The van der Waals surface area contributed by atoms with E-state index in [0.29, 0.717) is 19.3 Å². The van der Waals surface area contributed by atoms with E-state index in [-0.39, 0.29) is 31.4 Å². The van der Waals surface area contributed by atoms with Crippen molar-refractivity contribution in [1.82, 2.24) is 15.5 Å². The van der Waals surface area contributed by atoms with Gasteiger partial charge in [0, 0.05) is 6.54 Å². The molecule has 0 aliphatic rings. The second-order valence-electron chi connectivity index (χ2n) is 12.8. The fraction of sp³-hybridized carbons (Fsp3) is 0.405. The van der Waals surface area contributed by atoms with E-state index in [1.807, 2.05) is 105 Å². The van der Waals surface area contributed by atoms with Crippen LogP contribution in [-0.4, -0.2) is 53.0 Å². The number of carbonyl (C=O) groups excluding carboxylic acids is 4. The second-order valence-corrected chi connectivity index (χ2v) is 12.8. The zero-order valence-electron chi connectivity index (χ0n) is 27.5. The average molecular weight is 630 g/mol. The third-order valence-corrected chi connectivity index (χ3v) is 7.01. The fourth-order valence-corrected chi connectivity index (χ4v) is 4.77. The van der Waals surface area contributed by atoms with Crippen LogP contribution in [0.5, 0.6) is 0 Å². The van der Waals surface area contributed by atoms with Gasteiger partial charge in [-0.25, -0.2) is 9.59 Å². The summed E-state index contributed by atoms with van der Waals surface area (Å²) in [6.07, 6.45) is -0.197. The fourth-order valence-electron chi connectivity index (χ4n) is 4.77. The number of hydrogen-bond acceptors (Lipinski definition) is 6. The highest BCUT2D eigenvalue weighted by Crippen LogP contribution is 2.15. The zero-order chi connectivity index (χ0) is 33.5. The van der Waals surface area contributed by atoms with E-state index in [1.54, 1.807) is 20.8 Å². The SMILES string of the molecule is CC(C)C[C@H](NC(=O)OCc1ccccc1)C(=O)N[C@@H](CCc1ccccc1)C(=O)CN(Cc1ccccc1)C(=O)OC(C)(C)C. The number of nitrogens with zero attached hydrogens (tertiary/aromatic N) is 1. The molecule has 2 atom stereocenters. The number of nitrogens with one attached hydrogen (secondary N) is 2. The summed E-state index contributed by atoms with van der Waals surface area (Å²) in [5.41, 5.74) is 1.89. The normalized spacial score (nSPS) is 12.5. The van der Waals surface area contributed by atoms with E-state index in [4.69, 9.17) is 9.47 Å². The molecular weight excluding hydrogens is 582 g/mol. The lowest BCUT2D eigenvalue weighted by Crippen LogP contribution is -2.54. The minimum Gasteiger partial charge on any atom is -0.445 e. The Morgan fingerprint density at radius 1 is 0.739 bits per heavy atom. The molecule has 3 aromatic carbocycles. The van der Waals surface area contributed by atoms with Gasteiger partial charge in [-0.05, 0) is 62.6 Å². The quantitative estimate of drug-likeness (QED) is 0.200. The first-order chi connectivity index (χ1) is 21.9. The van der Waals surface area contributed by atoms with E-state index in [2.05, 4.69) is 10.6 Å². The van der Waals surface area contributed by atoms with Gasteiger partial charge in [0.15, 0.2) is 5.78 Å². The molecule has 0 aromatic heterocycles. The molecule has 0 aliphatic heterocycles. The molecule has 0 saturated heterocycles. The van der Waals surface area contributed by atoms with Gasteiger partial charge >= 0.3 is 12.2 Å². The lowest BCUT2D eigenvalue weighted by Gasteiger charge is -2.29. The molecule has 9 nitrogen and oxygen atoms in total. The molecule has 0 spiro atoms. The molecule has 0 bridgehead atoms. The van der Waals surface area contributed by atoms with Crippen LogP contribution >= 0.6 is 0 Å². The Labute approximate surface area is 272 Å². The van der Waals surface area contributed by atoms with Crippen LogP contribution in [0.25, 0.3) is 0 Å². The third-order valence-electron chi connectivity index (χ3n) is 7.01. The highest BCUT2D eigenvalue weighted by atomic mass is 16.6. The highest BCUT2D eigenvalue weighted by Gasteiger charge is 2.31. The number of hydrogen-bond donors (Lipinski definition) is 2. The minimum atomic E-state index is -0.929. The predicted molar refractivity (Wildman–Crippen MR) is 178 cm³/mol. The summed E-state index contributed by atoms with van der Waals surface area (Å²) in [4.78, 5) is 54.9. The number of ether oxygens (including phenoxy) is 2. The van der Waals surface area contributed by atoms with Crippen LogP contribution in [-0.2, 0) is 38.6 Å². The molecule has 9 heteroatoms. The van der Waals surface area contributed by atoms with Crippen molar-refractivity contribution in [2.24, 2.45) is 5.92 Å². The third kappa shape index (κ3) is 13.1. The number of rotatable bonds is 15. The van der Waals surface area contributed by atoms with E-state index >= 15 is 0 Å². The van der Waals surface area contributed by atoms with Crippen molar-refractivity contribution >= 4 is 23.9 Å². The van der Waals surface area contributed by atoms with Gasteiger partial charge in [-0.3, -0.25) is 14.5 Å². The number of ketones is 1. The van der Waals surface area contributed by atoms with E-state index in [0.717, 1.165) is 16.7 Å². The van der Waals surface area contributed by atoms with Gasteiger partial charge < -0.3 is 20.1 Å². The van der Waals surface area contributed by atoms with Gasteiger partial charge in [-0.2, -0.15) is 0 Å². The van der Waals surface area contributed by atoms with E-state index in [9.17, 15) is 19.2 Å². The first-order valence-corrected chi connectivity index (χ1v) is 15.8. The van der Waals surface area contributed by atoms with Crippen LogP contribution in [0.1, 0.15) is 64.2 Å². The van der Waals surface area contributed by atoms with Crippen molar-refractivity contribution in [2.75, 3.05) is 6.54 Å². The number of amides is 3. The summed E-state index contributed by atoms with van der Waals surface area (Å²) < 4.78 is 11.0. The van der Waals surface area contributed by atoms with E-state index in [1.165, 1.54) is 4.90 Å². The van der Waals surface area contributed by atoms with Crippen molar-refractivity contribution in [1.29, 1.82) is 0 Å². The molecule has 3 rings (SSSR count). The number of Topliss-reactive ketones (excluding diaryl/α,β-unsaturated/α-hetero) is 1. The van der Waals surface area contributed by atoms with Crippen LogP contribution in [0.2, 0.25) is 0 Å². The molecule has 3 aromatic rings. The molecule has 0 radical (unpaired) electrons. The maximum atomic E-state index is 13.9. The second kappa shape index (κ2) is 17.7. The number of alkyl carbamates (subject to hydrolysis) is 1. The first-order valence-electron chi connectivity index (χ1n) is 15.8. The molecule has 0 saturated carbocycles. The summed E-state index contributed by atoms with van der Waals surface area (Å²) in [6, 6.07) is 26.4. The topological polar surface area (TPSA) is 114 Å². The zero-order valence-corrected chi connectivity index (χ0v) is 27.5. The molecule has 0 fully saturated rings. The van der Waals surface area contributed by atoms with Crippen molar-refractivity contribution in [3.63, 3.8) is 0 Å². The largest absolute Gasteiger partial charge is 0.445 e. The van der Waals surface area contributed by atoms with Gasteiger partial charge in [-0.1, -0.05) is 105 Å². The Kier molecular flexibility index (Phi) is 13.8. The lowest BCUT2D eigenvalue weighted by molar-refractivity contribution is -0.129. The molecule has 0 unspecified atom stereocenters. The first kappa shape index (κ1) is 35.8. The number of benzene rings is 3. The molecule has 46 heavy (non-hydrogen) atoms. The maximum absolute atomic E-state index is 13.9. The molecular formula is C37H47N3O6. The Bertz CT molecular complexity index is 1390. The van der Waals surface area contributed by atoms with Gasteiger partial charge in [0.1, 0.15) is 18.2 Å². The Morgan fingerprint density at radius 3 is 1.83 bits per heavy atom. The van der Waals surface area contributed by atoms with Crippen LogP contribution in [0.3, 0.4) is 0 Å². The Balaban J connectivity index is 1.78. The molecule has 0 heterocycles. The highest BCUT2D eigenvalue weighted by molar-refractivity contribution is 5.94. The van der Waals surface area contributed by atoms with Gasteiger partial charge in [-0.15, -0.1) is 0 Å². The average Bonchev–Trinajstić information content (AvgIpc) is 3.01. The summed E-state index contributed by atoms with van der Waals surface area (Å²) in [5, 5.41) is 5.58. The van der Waals surface area contributed by atoms with Crippen LogP contribution in [0.15, 0.2) is 91.0 Å². The molecule has 0 aliphatic carbocycles. The van der Waals surface area contributed by atoms with Crippen molar-refractivity contribution in [3.05, 3.63) is 108 Å². The summed E-state index contributed by atoms with van der Waals surface area (Å²) in [7, 11) is 0. The van der Waals surface area contributed by atoms with Gasteiger partial charge in [0.25, 0.3) is 0 Å². The maximum Gasteiger partial charge on any atom is 0.410 e. The summed E-state index contributed by atoms with van der Waals surface area (Å²) in [6.45, 7) is 9.13. The standard InChI is InChI=1S/C37H47N3O6/c1-27(2)23-32(39-35(43)45-26-30-19-13-8-14-20-30)34(42)38-31(22-21-28-15-9-6-10-16-28)33(41)25-40(36(44)46-37(3,4)5)24-29-17-11-7-12-18-29/h6-20,27,31-32H,21-26H2,1-5H3,(H,38,42)(H,39,43)/t31-,32-/m0/s1. The van der Waals surface area contributed by atoms with Crippen molar-refractivity contribution < 1.29 is 28.7 Å². The smallest absolute Gasteiger partial charge is 0.410 e. The van der Waals surface area contributed by atoms with E-state index < -0.39 is 35.8 Å². The number of aryl methyl sites for hydroxylation is 1. The molecule has 2 N–H and O–H groups in total. The Hall–Kier alpha value is -4.66. The Morgan fingerprint density at radius 2 is 1.28 bits per heavy atom. The monoisotopic (exact) mass is 629 g/mol. The van der Waals surface area contributed by atoms with Crippen LogP contribution in [0, 0.1) is 5.92 Å². The van der Waals surface area contributed by atoms with Crippen LogP contribution < -0.4 is 10.6 Å². The number of carbonyl (C=O) groups is 4. The summed E-state index contributed by atoms with van der Waals surface area (Å²) >= 11 is 0. The predicted octanol–water partition coefficient (Wildman–Crippen LogP) is 6.45. The van der Waals surface area contributed by atoms with Gasteiger partial charge in [0.2, 0.25) is 5.91 Å². The van der Waals surface area contributed by atoms with Crippen molar-refractivity contribution in [3.8, 4) is 0 Å². The van der Waals surface area contributed by atoms with Crippen LogP contribution in [0.4, 0.5) is 9.59 Å². The van der Waals surface area contributed by atoms with Crippen molar-refractivity contribution in [2.45, 2.75) is 84.7 Å². The minimum absolute atomic E-state index is 0.0583. The molecule has 3 amide bonds. The lowest BCUT2D eigenvalue weighted by atomic mass is 9.99. The molecule has 246 valence electrons. The summed E-state index contributed by atoms with van der Waals surface area (Å²) in [5.74, 6) is -0.776. The van der Waals surface area contributed by atoms with Gasteiger partial charge in [0.05, 0.1) is 12.6 Å².